The van der Waals surface area contributed by atoms with Gasteiger partial charge in [0.2, 0.25) is 0 Å². The molecule has 2 aromatic rings. The Morgan fingerprint density at radius 3 is 2.40 bits per heavy atom. The first-order valence-electron chi connectivity index (χ1n) is 6.14. The zero-order valence-corrected chi connectivity index (χ0v) is 10.7. The molecule has 3 N–H and O–H groups in total. The first kappa shape index (κ1) is 14.1. The Bertz CT molecular complexity index is 558. The summed E-state index contributed by atoms with van der Waals surface area (Å²) in [7, 11) is 0. The maximum absolute atomic E-state index is 10.7. The van der Waals surface area contributed by atoms with Crippen LogP contribution in [0.15, 0.2) is 42.7 Å². The van der Waals surface area contributed by atoms with Gasteiger partial charge in [0, 0.05) is 30.1 Å². The molecule has 1 aromatic heterocycles. The fourth-order valence-corrected chi connectivity index (χ4v) is 1.65. The van der Waals surface area contributed by atoms with Crippen LogP contribution >= 0.6 is 0 Å². The summed E-state index contributed by atoms with van der Waals surface area (Å²) < 4.78 is 0. The van der Waals surface area contributed by atoms with E-state index in [0.29, 0.717) is 5.82 Å². The molecular formula is C14H15N3O3. The van der Waals surface area contributed by atoms with Crippen LogP contribution in [0.1, 0.15) is 5.56 Å². The first-order chi connectivity index (χ1) is 9.70. The van der Waals surface area contributed by atoms with Gasteiger partial charge in [-0.15, -0.1) is 0 Å². The second kappa shape index (κ2) is 6.74. The van der Waals surface area contributed by atoms with Gasteiger partial charge < -0.3 is 10.2 Å². The molecule has 0 aliphatic heterocycles. The summed E-state index contributed by atoms with van der Waals surface area (Å²) in [6.07, 6.45) is 3.28. The van der Waals surface area contributed by atoms with Crippen molar-refractivity contribution in [2.45, 2.75) is 12.6 Å². The van der Waals surface area contributed by atoms with Crippen LogP contribution in [0.2, 0.25) is 0 Å². The van der Waals surface area contributed by atoms with E-state index in [2.05, 4.69) is 15.3 Å². The molecule has 104 valence electrons. The van der Waals surface area contributed by atoms with E-state index in [9.17, 15) is 4.79 Å². The van der Waals surface area contributed by atoms with Crippen LogP contribution in [0.3, 0.4) is 0 Å². The highest BCUT2D eigenvalue weighted by molar-refractivity contribution is 5.73. The van der Waals surface area contributed by atoms with Gasteiger partial charge in [-0.05, 0) is 0 Å². The van der Waals surface area contributed by atoms with Crippen molar-refractivity contribution in [1.82, 2.24) is 15.3 Å². The number of aliphatic carboxylic acids is 1. The first-order valence-corrected chi connectivity index (χ1v) is 6.14. The number of aliphatic hydroxyl groups excluding tert-OH is 1. The maximum Gasteiger partial charge on any atom is 0.323 e. The molecule has 0 saturated heterocycles. The highest BCUT2D eigenvalue weighted by Crippen LogP contribution is 2.13. The lowest BCUT2D eigenvalue weighted by molar-refractivity contribution is -0.140. The second-order valence-electron chi connectivity index (χ2n) is 4.24. The SMILES string of the molecule is O=C(O)[C@H](CO)NCc1cnc(-c2ccccc2)nc1. The average Bonchev–Trinajstić information content (AvgIpc) is 2.49. The lowest BCUT2D eigenvalue weighted by Crippen LogP contribution is -2.39. The van der Waals surface area contributed by atoms with Crippen LogP contribution in [0.5, 0.6) is 0 Å². The molecule has 6 heteroatoms. The molecule has 1 atom stereocenters. The van der Waals surface area contributed by atoms with Crippen molar-refractivity contribution in [2.75, 3.05) is 6.61 Å². The molecule has 0 aliphatic rings. The molecular weight excluding hydrogens is 258 g/mol. The minimum atomic E-state index is -1.09. The Morgan fingerprint density at radius 1 is 1.20 bits per heavy atom. The Hall–Kier alpha value is -2.31. The predicted octanol–water partition coefficient (Wildman–Crippen LogP) is 0.679. The number of nitrogens with one attached hydrogen (secondary N) is 1. The molecule has 0 radical (unpaired) electrons. The standard InChI is InChI=1S/C14H15N3O3/c18-9-12(14(19)20)15-6-10-7-16-13(17-8-10)11-4-2-1-3-5-11/h1-5,7-8,12,15,18H,6,9H2,(H,19,20)/t12-/m0/s1. The zero-order valence-electron chi connectivity index (χ0n) is 10.7. The summed E-state index contributed by atoms with van der Waals surface area (Å²) in [5.41, 5.74) is 1.68. The lowest BCUT2D eigenvalue weighted by Gasteiger charge is -2.11. The summed E-state index contributed by atoms with van der Waals surface area (Å²) in [4.78, 5) is 19.2. The number of hydrogen-bond donors (Lipinski definition) is 3. The summed E-state index contributed by atoms with van der Waals surface area (Å²) in [5, 5.41) is 20.4. The van der Waals surface area contributed by atoms with Crippen molar-refractivity contribution in [3.8, 4) is 11.4 Å². The van der Waals surface area contributed by atoms with Gasteiger partial charge in [0.1, 0.15) is 6.04 Å². The predicted molar refractivity (Wildman–Crippen MR) is 72.8 cm³/mol. The summed E-state index contributed by atoms with van der Waals surface area (Å²) in [6, 6.07) is 8.59. The number of benzene rings is 1. The third-order valence-electron chi connectivity index (χ3n) is 2.77. The quantitative estimate of drug-likeness (QED) is 0.716. The number of hydrogen-bond acceptors (Lipinski definition) is 5. The number of nitrogens with zero attached hydrogens (tertiary/aromatic N) is 2. The van der Waals surface area contributed by atoms with Gasteiger partial charge in [-0.3, -0.25) is 10.1 Å². The van der Waals surface area contributed by atoms with Crippen molar-refractivity contribution in [2.24, 2.45) is 0 Å². The van der Waals surface area contributed by atoms with E-state index in [1.165, 1.54) is 0 Å². The smallest absolute Gasteiger partial charge is 0.323 e. The van der Waals surface area contributed by atoms with Crippen molar-refractivity contribution in [3.63, 3.8) is 0 Å². The van der Waals surface area contributed by atoms with E-state index in [4.69, 9.17) is 10.2 Å². The molecule has 1 aromatic carbocycles. The van der Waals surface area contributed by atoms with Gasteiger partial charge in [-0.1, -0.05) is 30.3 Å². The van der Waals surface area contributed by atoms with E-state index < -0.39 is 18.6 Å². The van der Waals surface area contributed by atoms with E-state index in [-0.39, 0.29) is 6.54 Å². The Kier molecular flexibility index (Phi) is 4.75. The number of aliphatic hydroxyl groups is 1. The second-order valence-corrected chi connectivity index (χ2v) is 4.24. The monoisotopic (exact) mass is 273 g/mol. The molecule has 6 nitrogen and oxygen atoms in total. The van der Waals surface area contributed by atoms with Crippen LogP contribution in [0, 0.1) is 0 Å². The minimum Gasteiger partial charge on any atom is -0.480 e. The van der Waals surface area contributed by atoms with Crippen LogP contribution < -0.4 is 5.32 Å². The molecule has 1 heterocycles. The Morgan fingerprint density at radius 2 is 1.85 bits per heavy atom. The molecule has 0 bridgehead atoms. The Labute approximate surface area is 116 Å². The highest BCUT2D eigenvalue weighted by atomic mass is 16.4. The Balaban J connectivity index is 2.00. The normalized spacial score (nSPS) is 12.1. The third-order valence-corrected chi connectivity index (χ3v) is 2.77. The molecule has 0 unspecified atom stereocenters. The van der Waals surface area contributed by atoms with Crippen LogP contribution in [-0.2, 0) is 11.3 Å². The fraction of sp³-hybridized carbons (Fsp3) is 0.214. The van der Waals surface area contributed by atoms with E-state index in [1.807, 2.05) is 30.3 Å². The van der Waals surface area contributed by atoms with Gasteiger partial charge in [-0.2, -0.15) is 0 Å². The van der Waals surface area contributed by atoms with Gasteiger partial charge >= 0.3 is 5.97 Å². The maximum atomic E-state index is 10.7. The van der Waals surface area contributed by atoms with Crippen molar-refractivity contribution in [1.29, 1.82) is 0 Å². The molecule has 0 amide bonds. The largest absolute Gasteiger partial charge is 0.480 e. The highest BCUT2D eigenvalue weighted by Gasteiger charge is 2.14. The average molecular weight is 273 g/mol. The molecule has 2 rings (SSSR count). The number of rotatable bonds is 6. The summed E-state index contributed by atoms with van der Waals surface area (Å²) in [5.74, 6) is -0.472. The third kappa shape index (κ3) is 3.59. The van der Waals surface area contributed by atoms with Gasteiger partial charge in [0.15, 0.2) is 5.82 Å². The fourth-order valence-electron chi connectivity index (χ4n) is 1.65. The summed E-state index contributed by atoms with van der Waals surface area (Å²) >= 11 is 0. The van der Waals surface area contributed by atoms with Crippen LogP contribution in [-0.4, -0.2) is 38.8 Å². The molecule has 0 spiro atoms. The van der Waals surface area contributed by atoms with Gasteiger partial charge in [0.05, 0.1) is 6.61 Å². The molecule has 0 aliphatic carbocycles. The van der Waals surface area contributed by atoms with Crippen molar-refractivity contribution < 1.29 is 15.0 Å². The minimum absolute atomic E-state index is 0.284. The van der Waals surface area contributed by atoms with Gasteiger partial charge in [-0.25, -0.2) is 9.97 Å². The molecule has 20 heavy (non-hydrogen) atoms. The lowest BCUT2D eigenvalue weighted by atomic mass is 10.2. The topological polar surface area (TPSA) is 95.3 Å². The van der Waals surface area contributed by atoms with Crippen LogP contribution in [0.25, 0.3) is 11.4 Å². The van der Waals surface area contributed by atoms with Crippen LogP contribution in [0.4, 0.5) is 0 Å². The van der Waals surface area contributed by atoms with Gasteiger partial charge in [0.25, 0.3) is 0 Å². The van der Waals surface area contributed by atoms with E-state index in [1.54, 1.807) is 12.4 Å². The number of carbonyl (C=O) groups is 1. The summed E-state index contributed by atoms with van der Waals surface area (Å²) in [6.45, 7) is -0.176. The molecule has 0 fully saturated rings. The van der Waals surface area contributed by atoms with Crippen molar-refractivity contribution in [3.05, 3.63) is 48.3 Å². The number of aromatic nitrogens is 2. The van der Waals surface area contributed by atoms with E-state index >= 15 is 0 Å². The van der Waals surface area contributed by atoms with Crippen molar-refractivity contribution >= 4 is 5.97 Å². The number of carboxylic acid groups (broad SMARTS) is 1. The zero-order chi connectivity index (χ0) is 14.4. The molecule has 0 saturated carbocycles. The van der Waals surface area contributed by atoms with E-state index in [0.717, 1.165) is 11.1 Å². The number of carboxylic acids is 1.